The molecule has 5 rings (SSSR count). The molecule has 5 aromatic carbocycles. The van der Waals surface area contributed by atoms with E-state index >= 15 is 0 Å². The van der Waals surface area contributed by atoms with Crippen molar-refractivity contribution in [2.24, 2.45) is 0 Å². The smallest absolute Gasteiger partial charge is 0.130 e. The normalized spacial score (nSPS) is 11.1. The Labute approximate surface area is 229 Å². The van der Waals surface area contributed by atoms with Crippen molar-refractivity contribution in [1.82, 2.24) is 0 Å². The minimum absolute atomic E-state index is 1.32. The average molecular weight is 498 g/mol. The Morgan fingerprint density at radius 2 is 0.632 bits per heavy atom. The second-order valence-corrected chi connectivity index (χ2v) is 10.7. The summed E-state index contributed by atoms with van der Waals surface area (Å²) in [6.45, 7) is 9.00. The predicted octanol–water partition coefficient (Wildman–Crippen LogP) is 4.76. The molecule has 1 N–H and O–H groups in total. The summed E-state index contributed by atoms with van der Waals surface area (Å²) < 4.78 is 0. The number of quaternary nitrogens is 1. The summed E-state index contributed by atoms with van der Waals surface area (Å²) in [4.78, 5) is 1.37. The number of hydrogen-bond acceptors (Lipinski definition) is 0. The van der Waals surface area contributed by atoms with Gasteiger partial charge in [-0.05, 0) is 39.8 Å². The van der Waals surface area contributed by atoms with E-state index in [9.17, 15) is 0 Å². The Morgan fingerprint density at radius 1 is 0.368 bits per heavy atom. The highest BCUT2D eigenvalue weighted by atomic mass is 15.1. The third-order valence-electron chi connectivity index (χ3n) is 7.97. The number of para-hydroxylation sites is 1. The number of nitrogens with one attached hydrogen (secondary N) is 1. The fraction of sp³-hybridized carbons (Fsp3) is 0.167. The van der Waals surface area contributed by atoms with Crippen LogP contribution in [0.25, 0.3) is 0 Å². The summed E-state index contributed by atoms with van der Waals surface area (Å²) in [5.74, 6) is 0. The number of hydrogen-bond donors (Lipinski definition) is 1. The zero-order valence-corrected chi connectivity index (χ0v) is 23.7. The van der Waals surface area contributed by atoms with Crippen LogP contribution in [0.3, 0.4) is 0 Å². The molecule has 0 saturated heterocycles. The van der Waals surface area contributed by atoms with Gasteiger partial charge in [0.2, 0.25) is 0 Å². The number of aryl methyl sites for hydroxylation is 4. The molecule has 2 heteroatoms. The van der Waals surface area contributed by atoms with Crippen LogP contribution in [0.1, 0.15) is 22.3 Å². The Kier molecular flexibility index (Phi) is 8.66. The van der Waals surface area contributed by atoms with Gasteiger partial charge in [0.1, 0.15) is 11.8 Å². The minimum Gasteiger partial charge on any atom is -0.307 e. The first-order valence-electron chi connectivity index (χ1n) is 13.6. The van der Waals surface area contributed by atoms with E-state index in [0.29, 0.717) is 0 Å². The van der Waals surface area contributed by atoms with E-state index in [1.807, 2.05) is 6.07 Å². The summed E-state index contributed by atoms with van der Waals surface area (Å²) in [5, 5.41) is 0. The third kappa shape index (κ3) is 5.37. The van der Waals surface area contributed by atoms with Gasteiger partial charge in [-0.2, -0.15) is 21.9 Å². The van der Waals surface area contributed by atoms with E-state index in [4.69, 9.17) is 0 Å². The van der Waals surface area contributed by atoms with E-state index < -0.39 is 6.15 Å². The van der Waals surface area contributed by atoms with Gasteiger partial charge < -0.3 is 4.90 Å². The molecule has 0 aliphatic heterocycles. The second-order valence-electron chi connectivity index (χ2n) is 10.7. The largest absolute Gasteiger partial charge is 0.307 e. The molecule has 0 bridgehead atoms. The first kappa shape index (κ1) is 27.2. The van der Waals surface area contributed by atoms with Crippen molar-refractivity contribution in [1.29, 1.82) is 0 Å². The maximum Gasteiger partial charge on any atom is 0.130 e. The summed E-state index contributed by atoms with van der Waals surface area (Å²) >= 11 is 0. The molecule has 5 aromatic rings. The van der Waals surface area contributed by atoms with Crippen LogP contribution < -0.4 is 26.8 Å². The maximum absolute atomic E-state index is 2.33. The van der Waals surface area contributed by atoms with Crippen LogP contribution in [0.4, 0.5) is 5.69 Å². The van der Waals surface area contributed by atoms with Crippen molar-refractivity contribution in [2.75, 3.05) is 14.1 Å². The average Bonchev–Trinajstić information content (AvgIpc) is 2.93. The highest BCUT2D eigenvalue weighted by Gasteiger charge is 2.35. The lowest BCUT2D eigenvalue weighted by molar-refractivity contribution is -0.786. The molecule has 0 heterocycles. The van der Waals surface area contributed by atoms with Gasteiger partial charge in [0.05, 0.1) is 14.1 Å². The van der Waals surface area contributed by atoms with E-state index in [0.717, 1.165) is 0 Å². The third-order valence-corrected chi connectivity index (χ3v) is 7.97. The second kappa shape index (κ2) is 12.1. The molecule has 192 valence electrons. The molecule has 0 aliphatic rings. The summed E-state index contributed by atoms with van der Waals surface area (Å²) in [5.41, 5.74) is 12.3. The van der Waals surface area contributed by atoms with Crippen LogP contribution in [0.5, 0.6) is 0 Å². The molecule has 0 unspecified atom stereocenters. The summed E-state index contributed by atoms with van der Waals surface area (Å²) in [7, 11) is 4.24. The van der Waals surface area contributed by atoms with E-state index in [2.05, 4.69) is 163 Å². The number of rotatable bonds is 5. The number of benzene rings is 5. The maximum atomic E-state index is 2.33. The van der Waals surface area contributed by atoms with Crippen molar-refractivity contribution < 1.29 is 4.90 Å². The lowest BCUT2D eigenvalue weighted by Crippen LogP contribution is -3.00. The molecule has 0 saturated carbocycles. The summed E-state index contributed by atoms with van der Waals surface area (Å²) in [6.07, 6.45) is -1.32. The fourth-order valence-electron chi connectivity index (χ4n) is 6.07. The van der Waals surface area contributed by atoms with E-state index in [-0.39, 0.29) is 0 Å². The quantitative estimate of drug-likeness (QED) is 0.334. The summed E-state index contributed by atoms with van der Waals surface area (Å²) in [6, 6.07) is 46.1. The first-order chi connectivity index (χ1) is 18.4. The molecular formula is C36H40BN. The highest BCUT2D eigenvalue weighted by molar-refractivity contribution is 7.20. The molecule has 38 heavy (non-hydrogen) atoms. The van der Waals surface area contributed by atoms with Crippen LogP contribution in [-0.4, -0.2) is 20.2 Å². The van der Waals surface area contributed by atoms with Gasteiger partial charge in [-0.3, -0.25) is 0 Å². The molecular weight excluding hydrogens is 457 g/mol. The fourth-order valence-corrected chi connectivity index (χ4v) is 6.07. The van der Waals surface area contributed by atoms with Gasteiger partial charge in [0.25, 0.3) is 0 Å². The molecule has 0 amide bonds. The van der Waals surface area contributed by atoms with E-state index in [1.54, 1.807) is 0 Å². The highest BCUT2D eigenvalue weighted by Crippen LogP contribution is 2.16. The SMILES string of the molecule is C[NH+](C)c1ccccc1.Cc1ccccc1[B-](c1ccccc1C)(c1ccccc1C)c1ccccc1C. The van der Waals surface area contributed by atoms with Gasteiger partial charge in [-0.1, -0.05) is 138 Å². The predicted molar refractivity (Wildman–Crippen MR) is 168 cm³/mol. The Bertz CT molecular complexity index is 1300. The minimum atomic E-state index is -1.32. The molecule has 0 radical (unpaired) electrons. The molecule has 1 nitrogen and oxygen atoms in total. The van der Waals surface area contributed by atoms with Crippen LogP contribution in [0, 0.1) is 27.7 Å². The van der Waals surface area contributed by atoms with Gasteiger partial charge in [0, 0.05) is 0 Å². The van der Waals surface area contributed by atoms with Crippen LogP contribution in [0.2, 0.25) is 0 Å². The molecule has 0 aromatic heterocycles. The standard InChI is InChI=1S/C28H28B.C8H11N/c1-21-13-5-9-17-25(21)29(26-18-10-6-14-22(26)2,27-19-11-7-15-23(27)3)28-20-12-8-16-24(28)4;1-9(2)8-6-4-3-5-7-8/h5-20H,1-4H3;3-7H,1-2H3/q-1;/p+1. The van der Waals surface area contributed by atoms with Gasteiger partial charge in [0.15, 0.2) is 0 Å². The van der Waals surface area contributed by atoms with Crippen molar-refractivity contribution in [3.8, 4) is 0 Å². The zero-order chi connectivity index (χ0) is 27.1. The lowest BCUT2D eigenvalue weighted by atomic mass is 9.11. The zero-order valence-electron chi connectivity index (χ0n) is 23.7. The lowest BCUT2D eigenvalue weighted by Gasteiger charge is -2.48. The first-order valence-corrected chi connectivity index (χ1v) is 13.6. The van der Waals surface area contributed by atoms with Crippen LogP contribution >= 0.6 is 0 Å². The Balaban J connectivity index is 0.000000317. The van der Waals surface area contributed by atoms with Crippen LogP contribution in [0.15, 0.2) is 127 Å². The van der Waals surface area contributed by atoms with Crippen molar-refractivity contribution >= 4 is 33.7 Å². The van der Waals surface area contributed by atoms with Crippen molar-refractivity contribution in [3.05, 3.63) is 150 Å². The molecule has 0 atom stereocenters. The topological polar surface area (TPSA) is 4.44 Å². The van der Waals surface area contributed by atoms with Crippen LogP contribution in [-0.2, 0) is 0 Å². The Morgan fingerprint density at radius 3 is 0.868 bits per heavy atom. The van der Waals surface area contributed by atoms with E-state index in [1.165, 1.54) is 54.7 Å². The van der Waals surface area contributed by atoms with Crippen molar-refractivity contribution in [2.45, 2.75) is 27.7 Å². The van der Waals surface area contributed by atoms with Gasteiger partial charge in [-0.15, -0.1) is 0 Å². The molecule has 0 aliphatic carbocycles. The molecule has 0 spiro atoms. The Hall–Kier alpha value is -3.88. The van der Waals surface area contributed by atoms with Crippen molar-refractivity contribution in [3.63, 3.8) is 0 Å². The van der Waals surface area contributed by atoms with Gasteiger partial charge in [-0.25, -0.2) is 0 Å². The molecule has 0 fully saturated rings. The van der Waals surface area contributed by atoms with Gasteiger partial charge >= 0.3 is 0 Å². The monoisotopic (exact) mass is 497 g/mol.